The molecule has 19 heavy (non-hydrogen) atoms. The minimum atomic E-state index is 0.335. The topological polar surface area (TPSA) is 42.4 Å². The molecule has 2 heterocycles. The zero-order valence-corrected chi connectivity index (χ0v) is 11.5. The van der Waals surface area contributed by atoms with E-state index in [0.717, 1.165) is 31.0 Å². The van der Waals surface area contributed by atoms with E-state index < -0.39 is 0 Å². The maximum absolute atomic E-state index is 5.98. The van der Waals surface area contributed by atoms with Gasteiger partial charge in [0.15, 0.2) is 0 Å². The molecule has 3 heteroatoms. The minimum Gasteiger partial charge on any atom is -0.459 e. The summed E-state index contributed by atoms with van der Waals surface area (Å²) in [7, 11) is 0. The Kier molecular flexibility index (Phi) is 3.58. The molecule has 0 spiro atoms. The molecule has 1 aromatic carbocycles. The summed E-state index contributed by atoms with van der Waals surface area (Å²) in [5, 5.41) is 1.19. The number of hydrogen-bond donors (Lipinski definition) is 1. The van der Waals surface area contributed by atoms with Crippen molar-refractivity contribution in [3.05, 3.63) is 36.1 Å². The van der Waals surface area contributed by atoms with Gasteiger partial charge in [0.05, 0.1) is 6.04 Å². The van der Waals surface area contributed by atoms with Crippen LogP contribution in [0.4, 0.5) is 0 Å². The Hall–Kier alpha value is -1.32. The molecule has 2 unspecified atom stereocenters. The summed E-state index contributed by atoms with van der Waals surface area (Å²) in [5.74, 6) is 1.71. The number of likely N-dealkylation sites (tertiary alicyclic amines) is 1. The molecule has 3 rings (SSSR count). The molecule has 1 aliphatic rings. The van der Waals surface area contributed by atoms with Gasteiger partial charge in [0.1, 0.15) is 11.3 Å². The molecule has 1 aromatic heterocycles. The summed E-state index contributed by atoms with van der Waals surface area (Å²) in [4.78, 5) is 2.50. The normalized spacial score (nSPS) is 22.7. The quantitative estimate of drug-likeness (QED) is 0.919. The Morgan fingerprint density at radius 2 is 2.26 bits per heavy atom. The van der Waals surface area contributed by atoms with Crippen molar-refractivity contribution < 1.29 is 4.42 Å². The van der Waals surface area contributed by atoms with Gasteiger partial charge in [-0.05, 0) is 50.9 Å². The molecule has 1 saturated heterocycles. The van der Waals surface area contributed by atoms with Gasteiger partial charge in [-0.25, -0.2) is 0 Å². The molecule has 3 nitrogen and oxygen atoms in total. The summed E-state index contributed by atoms with van der Waals surface area (Å²) >= 11 is 0. The summed E-state index contributed by atoms with van der Waals surface area (Å²) in [5.41, 5.74) is 6.80. The third-order valence-electron chi connectivity index (χ3n) is 4.29. The lowest BCUT2D eigenvalue weighted by Gasteiger charge is -2.35. The van der Waals surface area contributed by atoms with Crippen molar-refractivity contribution in [3.63, 3.8) is 0 Å². The van der Waals surface area contributed by atoms with Crippen molar-refractivity contribution in [2.45, 2.75) is 25.8 Å². The highest BCUT2D eigenvalue weighted by Crippen LogP contribution is 2.30. The molecule has 0 radical (unpaired) electrons. The summed E-state index contributed by atoms with van der Waals surface area (Å²) in [6.07, 6.45) is 2.51. The second-order valence-electron chi connectivity index (χ2n) is 5.60. The predicted molar refractivity (Wildman–Crippen MR) is 78.0 cm³/mol. The van der Waals surface area contributed by atoms with Crippen molar-refractivity contribution in [3.8, 4) is 0 Å². The highest BCUT2D eigenvalue weighted by Gasteiger charge is 2.25. The summed E-state index contributed by atoms with van der Waals surface area (Å²) in [6, 6.07) is 10.7. The van der Waals surface area contributed by atoms with Crippen LogP contribution in [-0.2, 0) is 0 Å². The molecule has 1 aliphatic heterocycles. The largest absolute Gasteiger partial charge is 0.459 e. The van der Waals surface area contributed by atoms with E-state index in [2.05, 4.69) is 30.0 Å². The molecular weight excluding hydrogens is 236 g/mol. The number of hydrogen-bond acceptors (Lipinski definition) is 3. The van der Waals surface area contributed by atoms with Crippen LogP contribution in [-0.4, -0.2) is 24.5 Å². The molecule has 0 aliphatic carbocycles. The average molecular weight is 258 g/mol. The Morgan fingerprint density at radius 1 is 1.42 bits per heavy atom. The van der Waals surface area contributed by atoms with Crippen LogP contribution in [0.5, 0.6) is 0 Å². The van der Waals surface area contributed by atoms with Crippen LogP contribution in [0, 0.1) is 5.92 Å². The van der Waals surface area contributed by atoms with E-state index in [1.165, 1.54) is 18.2 Å². The highest BCUT2D eigenvalue weighted by molar-refractivity contribution is 5.77. The van der Waals surface area contributed by atoms with E-state index in [4.69, 9.17) is 10.2 Å². The van der Waals surface area contributed by atoms with Crippen LogP contribution in [0.2, 0.25) is 0 Å². The number of piperidine rings is 1. The smallest absolute Gasteiger partial charge is 0.134 e. The van der Waals surface area contributed by atoms with Gasteiger partial charge in [-0.1, -0.05) is 18.2 Å². The zero-order valence-electron chi connectivity index (χ0n) is 11.5. The SMILES string of the molecule is CC(c1cc2ccccc2o1)N1CCCC(CN)C1. The number of benzene rings is 1. The van der Waals surface area contributed by atoms with Gasteiger partial charge in [0, 0.05) is 11.9 Å². The maximum atomic E-state index is 5.98. The Balaban J connectivity index is 1.80. The number of para-hydroxylation sites is 1. The molecule has 0 saturated carbocycles. The van der Waals surface area contributed by atoms with Crippen LogP contribution in [0.1, 0.15) is 31.6 Å². The molecular formula is C16H22N2O. The van der Waals surface area contributed by atoms with Crippen LogP contribution in [0.15, 0.2) is 34.7 Å². The van der Waals surface area contributed by atoms with Gasteiger partial charge in [0.2, 0.25) is 0 Å². The van der Waals surface area contributed by atoms with E-state index in [0.29, 0.717) is 12.0 Å². The molecule has 0 amide bonds. The first-order valence-electron chi connectivity index (χ1n) is 7.20. The van der Waals surface area contributed by atoms with E-state index in [1.807, 2.05) is 12.1 Å². The van der Waals surface area contributed by atoms with Gasteiger partial charge in [-0.3, -0.25) is 4.90 Å². The van der Waals surface area contributed by atoms with E-state index in [-0.39, 0.29) is 0 Å². The standard InChI is InChI=1S/C16H22N2O/c1-12(18-8-4-5-13(10-17)11-18)16-9-14-6-2-3-7-15(14)19-16/h2-3,6-7,9,12-13H,4-5,8,10-11,17H2,1H3. The fraction of sp³-hybridized carbons (Fsp3) is 0.500. The number of fused-ring (bicyclic) bond motifs is 1. The number of rotatable bonds is 3. The van der Waals surface area contributed by atoms with Crippen LogP contribution in [0.3, 0.4) is 0 Å². The van der Waals surface area contributed by atoms with Gasteiger partial charge in [-0.15, -0.1) is 0 Å². The molecule has 1 fully saturated rings. The van der Waals surface area contributed by atoms with Crippen molar-refractivity contribution in [1.82, 2.24) is 4.90 Å². The third-order valence-corrected chi connectivity index (χ3v) is 4.29. The van der Waals surface area contributed by atoms with Gasteiger partial charge in [-0.2, -0.15) is 0 Å². The summed E-state index contributed by atoms with van der Waals surface area (Å²) in [6.45, 7) is 5.27. The number of furan rings is 1. The second kappa shape index (κ2) is 5.35. The monoisotopic (exact) mass is 258 g/mol. The summed E-state index contributed by atoms with van der Waals surface area (Å²) < 4.78 is 5.98. The van der Waals surface area contributed by atoms with E-state index >= 15 is 0 Å². The lowest BCUT2D eigenvalue weighted by atomic mass is 9.96. The lowest BCUT2D eigenvalue weighted by Crippen LogP contribution is -2.39. The first-order chi connectivity index (χ1) is 9.28. The lowest BCUT2D eigenvalue weighted by molar-refractivity contribution is 0.123. The van der Waals surface area contributed by atoms with Gasteiger partial charge in [0.25, 0.3) is 0 Å². The fourth-order valence-corrected chi connectivity index (χ4v) is 3.03. The van der Waals surface area contributed by atoms with Gasteiger partial charge < -0.3 is 10.2 Å². The molecule has 102 valence electrons. The second-order valence-corrected chi connectivity index (χ2v) is 5.60. The minimum absolute atomic E-state index is 0.335. The molecule has 2 atom stereocenters. The van der Waals surface area contributed by atoms with E-state index in [9.17, 15) is 0 Å². The Labute approximate surface area is 114 Å². The molecule has 2 aromatic rings. The Bertz CT molecular complexity index is 515. The number of nitrogens with zero attached hydrogens (tertiary/aromatic N) is 1. The van der Waals surface area contributed by atoms with E-state index in [1.54, 1.807) is 0 Å². The Morgan fingerprint density at radius 3 is 3.05 bits per heavy atom. The fourth-order valence-electron chi connectivity index (χ4n) is 3.03. The van der Waals surface area contributed by atoms with Crippen LogP contribution in [0.25, 0.3) is 11.0 Å². The predicted octanol–water partition coefficient (Wildman–Crippen LogP) is 3.16. The van der Waals surface area contributed by atoms with Crippen LogP contribution >= 0.6 is 0 Å². The highest BCUT2D eigenvalue weighted by atomic mass is 16.3. The molecule has 0 bridgehead atoms. The molecule has 2 N–H and O–H groups in total. The maximum Gasteiger partial charge on any atom is 0.134 e. The van der Waals surface area contributed by atoms with Crippen molar-refractivity contribution >= 4 is 11.0 Å². The van der Waals surface area contributed by atoms with Crippen molar-refractivity contribution in [2.24, 2.45) is 11.7 Å². The first-order valence-corrected chi connectivity index (χ1v) is 7.20. The average Bonchev–Trinajstić information content (AvgIpc) is 2.90. The third kappa shape index (κ3) is 2.53. The van der Waals surface area contributed by atoms with Crippen LogP contribution < -0.4 is 5.73 Å². The zero-order chi connectivity index (χ0) is 13.2. The first kappa shape index (κ1) is 12.7. The van der Waals surface area contributed by atoms with Crippen molar-refractivity contribution in [1.29, 1.82) is 0 Å². The van der Waals surface area contributed by atoms with Gasteiger partial charge >= 0.3 is 0 Å². The van der Waals surface area contributed by atoms with Crippen molar-refractivity contribution in [2.75, 3.05) is 19.6 Å². The number of nitrogens with two attached hydrogens (primary N) is 1.